The zero-order valence-corrected chi connectivity index (χ0v) is 11.9. The summed E-state index contributed by atoms with van der Waals surface area (Å²) in [5.74, 6) is 0. The van der Waals surface area contributed by atoms with Gasteiger partial charge >= 0.3 is 0 Å². The number of pyridine rings is 1. The number of rotatable bonds is 3. The van der Waals surface area contributed by atoms with Gasteiger partial charge in [-0.05, 0) is 49.1 Å². The van der Waals surface area contributed by atoms with Crippen LogP contribution < -0.4 is 0 Å². The van der Waals surface area contributed by atoms with Crippen molar-refractivity contribution in [2.75, 3.05) is 0 Å². The maximum atomic E-state index is 4.74. The van der Waals surface area contributed by atoms with E-state index in [1.165, 1.54) is 0 Å². The fourth-order valence-corrected chi connectivity index (χ4v) is 2.38. The Bertz CT molecular complexity index is 705. The second-order valence-corrected chi connectivity index (χ2v) is 5.07. The van der Waals surface area contributed by atoms with E-state index in [1.807, 2.05) is 39.0 Å². The molecule has 2 rings (SSSR count). The summed E-state index contributed by atoms with van der Waals surface area (Å²) in [5, 5.41) is 1.12. The molecule has 1 heteroatoms. The van der Waals surface area contributed by atoms with Crippen molar-refractivity contribution in [1.82, 2.24) is 4.98 Å². The fraction of sp³-hybridized carbons (Fsp3) is 0.167. The van der Waals surface area contributed by atoms with Crippen LogP contribution >= 0.6 is 0 Å². The Kier molecular flexibility index (Phi) is 3.39. The minimum atomic E-state index is 0.921. The molecule has 1 aromatic carbocycles. The van der Waals surface area contributed by atoms with E-state index in [4.69, 9.17) is 4.98 Å². The van der Waals surface area contributed by atoms with Crippen LogP contribution in [0, 0.1) is 0 Å². The Morgan fingerprint density at radius 2 is 1.42 bits per heavy atom. The van der Waals surface area contributed by atoms with E-state index >= 15 is 0 Å². The highest BCUT2D eigenvalue weighted by molar-refractivity contribution is 5.98. The molecule has 0 aliphatic rings. The molecule has 19 heavy (non-hydrogen) atoms. The van der Waals surface area contributed by atoms with E-state index < -0.39 is 0 Å². The number of nitrogens with zero attached hydrogens (tertiary/aromatic N) is 1. The summed E-state index contributed by atoms with van der Waals surface area (Å²) < 4.78 is 0. The molecule has 0 radical (unpaired) electrons. The van der Waals surface area contributed by atoms with Crippen molar-refractivity contribution >= 4 is 27.6 Å². The first-order chi connectivity index (χ1) is 8.93. The first-order valence-corrected chi connectivity index (χ1v) is 6.34. The van der Waals surface area contributed by atoms with E-state index in [2.05, 4.69) is 25.8 Å². The predicted molar refractivity (Wildman–Crippen MR) is 85.9 cm³/mol. The molecule has 0 spiro atoms. The smallest absolute Gasteiger partial charge is 0.0741 e. The topological polar surface area (TPSA) is 12.9 Å². The van der Waals surface area contributed by atoms with E-state index in [1.54, 1.807) is 0 Å². The van der Waals surface area contributed by atoms with Crippen LogP contribution in [0.1, 0.15) is 37.6 Å². The van der Waals surface area contributed by atoms with Gasteiger partial charge in [0.2, 0.25) is 0 Å². The normalized spacial score (nSPS) is 10.5. The Balaban J connectivity index is 3.04. The van der Waals surface area contributed by atoms with Crippen molar-refractivity contribution in [1.29, 1.82) is 0 Å². The monoisotopic (exact) mass is 249 g/mol. The predicted octanol–water partition coefficient (Wildman–Crippen LogP) is 5.33. The van der Waals surface area contributed by atoms with Gasteiger partial charge in [-0.15, -0.1) is 0 Å². The molecular weight excluding hydrogens is 230 g/mol. The Morgan fingerprint density at radius 3 is 1.95 bits per heavy atom. The van der Waals surface area contributed by atoms with Crippen molar-refractivity contribution in [3.8, 4) is 0 Å². The summed E-state index contributed by atoms with van der Waals surface area (Å²) in [6.45, 7) is 18.3. The number of allylic oxidation sites excluding steroid dienone is 3. The molecule has 0 aliphatic carbocycles. The molecule has 0 fully saturated rings. The Hall–Kier alpha value is -2.15. The summed E-state index contributed by atoms with van der Waals surface area (Å²) in [7, 11) is 0. The van der Waals surface area contributed by atoms with Crippen LogP contribution in [0.5, 0.6) is 0 Å². The summed E-state index contributed by atoms with van der Waals surface area (Å²) in [4.78, 5) is 4.74. The molecule has 0 bridgehead atoms. The van der Waals surface area contributed by atoms with E-state index in [9.17, 15) is 0 Å². The number of hydrogen-bond donors (Lipinski definition) is 0. The minimum absolute atomic E-state index is 0.921. The van der Waals surface area contributed by atoms with Crippen LogP contribution in [0.3, 0.4) is 0 Å². The number of fused-ring (bicyclic) bond motifs is 1. The maximum absolute atomic E-state index is 4.74. The van der Waals surface area contributed by atoms with Gasteiger partial charge in [0.05, 0.1) is 11.2 Å². The van der Waals surface area contributed by atoms with Gasteiger partial charge in [0.1, 0.15) is 0 Å². The number of hydrogen-bond acceptors (Lipinski definition) is 1. The molecule has 96 valence electrons. The Morgan fingerprint density at radius 1 is 0.842 bits per heavy atom. The lowest BCUT2D eigenvalue weighted by Crippen LogP contribution is -2.00. The molecule has 0 amide bonds. The van der Waals surface area contributed by atoms with Gasteiger partial charge in [-0.3, -0.25) is 0 Å². The van der Waals surface area contributed by atoms with Gasteiger partial charge < -0.3 is 0 Å². The highest BCUT2D eigenvalue weighted by Gasteiger charge is 2.16. The van der Waals surface area contributed by atoms with Gasteiger partial charge in [-0.1, -0.05) is 37.9 Å². The molecule has 2 aromatic rings. The zero-order valence-electron chi connectivity index (χ0n) is 11.9. The number of aromatic nitrogens is 1. The molecule has 0 atom stereocenters. The fourth-order valence-electron chi connectivity index (χ4n) is 2.38. The highest BCUT2D eigenvalue weighted by atomic mass is 14.7. The lowest BCUT2D eigenvalue weighted by molar-refractivity contribution is 1.29. The van der Waals surface area contributed by atoms with Gasteiger partial charge in [0.15, 0.2) is 0 Å². The maximum Gasteiger partial charge on any atom is 0.0741 e. The quantitative estimate of drug-likeness (QED) is 0.716. The first-order valence-electron chi connectivity index (χ1n) is 6.34. The average molecular weight is 249 g/mol. The molecular formula is C18H19N. The molecule has 0 aliphatic heterocycles. The van der Waals surface area contributed by atoms with Crippen LogP contribution in [-0.2, 0) is 0 Å². The largest absolute Gasteiger partial charge is 0.247 e. The second-order valence-electron chi connectivity index (χ2n) is 5.07. The molecule has 1 aromatic heterocycles. The lowest BCUT2D eigenvalue weighted by atomic mass is 9.90. The SMILES string of the molecule is C=C(C)c1nc2ccccc2c(C(=C)C)c1C(=C)C. The zero-order chi connectivity index (χ0) is 14.2. The van der Waals surface area contributed by atoms with Gasteiger partial charge in [0, 0.05) is 10.9 Å². The highest BCUT2D eigenvalue weighted by Crippen LogP contribution is 2.34. The van der Waals surface area contributed by atoms with E-state index in [0.29, 0.717) is 0 Å². The molecule has 1 heterocycles. The van der Waals surface area contributed by atoms with Crippen molar-refractivity contribution in [3.05, 3.63) is 60.8 Å². The third kappa shape index (κ3) is 2.24. The first kappa shape index (κ1) is 13.3. The minimum Gasteiger partial charge on any atom is -0.247 e. The molecule has 0 saturated carbocycles. The van der Waals surface area contributed by atoms with Gasteiger partial charge in [-0.25, -0.2) is 4.98 Å². The molecule has 1 nitrogen and oxygen atoms in total. The van der Waals surface area contributed by atoms with Gasteiger partial charge in [-0.2, -0.15) is 0 Å². The second kappa shape index (κ2) is 4.85. The summed E-state index contributed by atoms with van der Waals surface area (Å²) in [6, 6.07) is 8.14. The van der Waals surface area contributed by atoms with Crippen LogP contribution in [0.25, 0.3) is 27.6 Å². The van der Waals surface area contributed by atoms with Crippen LogP contribution in [0.15, 0.2) is 44.0 Å². The van der Waals surface area contributed by atoms with Crippen LogP contribution in [0.2, 0.25) is 0 Å². The van der Waals surface area contributed by atoms with Crippen molar-refractivity contribution < 1.29 is 0 Å². The molecule has 0 saturated heterocycles. The summed E-state index contributed by atoms with van der Waals surface area (Å²) in [5.41, 5.74) is 7.07. The lowest BCUT2D eigenvalue weighted by Gasteiger charge is -2.17. The standard InChI is InChI=1S/C18H19N/c1-11(2)16-14-9-7-8-10-15(14)19-18(13(5)6)17(16)12(3)4/h7-10H,1,3,5H2,2,4,6H3. The van der Waals surface area contributed by atoms with E-state index in [-0.39, 0.29) is 0 Å². The average Bonchev–Trinajstić information content (AvgIpc) is 2.35. The number of benzene rings is 1. The summed E-state index contributed by atoms with van der Waals surface area (Å²) >= 11 is 0. The van der Waals surface area contributed by atoms with Crippen LogP contribution in [-0.4, -0.2) is 4.98 Å². The van der Waals surface area contributed by atoms with Crippen LogP contribution in [0.4, 0.5) is 0 Å². The molecule has 0 N–H and O–H groups in total. The van der Waals surface area contributed by atoms with Gasteiger partial charge in [0.25, 0.3) is 0 Å². The van der Waals surface area contributed by atoms with Crippen molar-refractivity contribution in [2.45, 2.75) is 20.8 Å². The molecule has 0 unspecified atom stereocenters. The van der Waals surface area contributed by atoms with Crippen molar-refractivity contribution in [2.24, 2.45) is 0 Å². The third-order valence-electron chi connectivity index (χ3n) is 3.15. The Labute approximate surface area is 115 Å². The van der Waals surface area contributed by atoms with E-state index in [0.717, 1.165) is 44.4 Å². The third-order valence-corrected chi connectivity index (χ3v) is 3.15. The number of para-hydroxylation sites is 1. The van der Waals surface area contributed by atoms with Crippen molar-refractivity contribution in [3.63, 3.8) is 0 Å². The summed E-state index contributed by atoms with van der Waals surface area (Å²) in [6.07, 6.45) is 0.